The molecule has 29 heavy (non-hydrogen) atoms. The lowest BCUT2D eigenvalue weighted by atomic mass is 9.89. The molecule has 0 bridgehead atoms. The molecule has 0 rings (SSSR count). The molecular formula is C27H54N2. The molecule has 0 heterocycles. The molecule has 0 radical (unpaired) electrons. The maximum absolute atomic E-state index is 4.32. The average Bonchev–Trinajstić information content (AvgIpc) is 2.61. The van der Waals surface area contributed by atoms with E-state index in [0.717, 1.165) is 13.1 Å². The van der Waals surface area contributed by atoms with E-state index in [1.54, 1.807) is 0 Å². The van der Waals surface area contributed by atoms with E-state index in [2.05, 4.69) is 57.5 Å². The molecule has 2 nitrogen and oxygen atoms in total. The molecule has 0 amide bonds. The molecule has 0 aromatic heterocycles. The smallest absolute Gasteiger partial charge is 0.0892 e. The predicted octanol–water partition coefficient (Wildman–Crippen LogP) is 9.49. The molecule has 2 heteroatoms. The highest BCUT2D eigenvalue weighted by atomic mass is 14.8. The van der Waals surface area contributed by atoms with Crippen LogP contribution in [0.2, 0.25) is 0 Å². The van der Waals surface area contributed by atoms with Crippen molar-refractivity contribution in [2.24, 2.45) is 20.8 Å². The Labute approximate surface area is 184 Å². The highest BCUT2D eigenvalue weighted by Gasteiger charge is 2.09. The Morgan fingerprint density at radius 1 is 0.414 bits per heavy atom. The van der Waals surface area contributed by atoms with Crippen molar-refractivity contribution in [2.75, 3.05) is 13.1 Å². The van der Waals surface area contributed by atoms with E-state index in [-0.39, 0.29) is 0 Å². The molecular weight excluding hydrogens is 352 g/mol. The largest absolute Gasteiger partial charge is 0.226 e. The van der Waals surface area contributed by atoms with Gasteiger partial charge in [0, 0.05) is 13.1 Å². The summed E-state index contributed by atoms with van der Waals surface area (Å²) in [5, 5.41) is 0. The van der Waals surface area contributed by atoms with E-state index in [4.69, 9.17) is 0 Å². The third-order valence-corrected chi connectivity index (χ3v) is 5.53. The van der Waals surface area contributed by atoms with Gasteiger partial charge < -0.3 is 0 Å². The van der Waals surface area contributed by atoms with Crippen LogP contribution < -0.4 is 0 Å². The summed E-state index contributed by atoms with van der Waals surface area (Å²) in [5.74, 6) is 0. The lowest BCUT2D eigenvalue weighted by Gasteiger charge is -2.17. The molecule has 0 saturated heterocycles. The van der Waals surface area contributed by atoms with Crippen LogP contribution in [-0.2, 0) is 0 Å². The number of hydrogen-bond acceptors (Lipinski definition) is 2. The van der Waals surface area contributed by atoms with Crippen LogP contribution >= 0.6 is 0 Å². The second-order valence-electron chi connectivity index (χ2n) is 11.4. The van der Waals surface area contributed by atoms with Gasteiger partial charge in [0.25, 0.3) is 0 Å². The van der Waals surface area contributed by atoms with Crippen molar-refractivity contribution in [2.45, 2.75) is 144 Å². The molecule has 0 unspecified atom stereocenters. The van der Waals surface area contributed by atoms with Gasteiger partial charge in [0.15, 0.2) is 0 Å². The Morgan fingerprint density at radius 2 is 0.690 bits per heavy atom. The summed E-state index contributed by atoms with van der Waals surface area (Å²) >= 11 is 0. The molecule has 0 spiro atoms. The number of hydrogen-bond donors (Lipinski definition) is 0. The summed E-state index contributed by atoms with van der Waals surface area (Å²) in [7, 11) is 0. The predicted molar refractivity (Wildman–Crippen MR) is 132 cm³/mol. The summed E-state index contributed by atoms with van der Waals surface area (Å²) in [5.41, 5.74) is 1.01. The lowest BCUT2D eigenvalue weighted by molar-refractivity contribution is 0.356. The second kappa shape index (κ2) is 18.2. The Bertz CT molecular complexity index is 369. The normalized spacial score (nSPS) is 12.1. The van der Waals surface area contributed by atoms with Crippen LogP contribution in [0.15, 0.2) is 9.98 Å². The Hall–Kier alpha value is -0.620. The third kappa shape index (κ3) is 27.4. The standard InChI is InChI=1S/C27H54N2/c1-26(2,3)21-17-13-9-7-11-15-19-23-28-25-29-24-20-16-12-8-10-14-18-22-27(4,5)6/h7-24H2,1-6H3. The maximum atomic E-state index is 4.32. The summed E-state index contributed by atoms with van der Waals surface area (Å²) in [4.78, 5) is 8.63. The number of rotatable bonds is 18. The molecule has 0 N–H and O–H groups in total. The average molecular weight is 407 g/mol. The van der Waals surface area contributed by atoms with Crippen molar-refractivity contribution in [1.29, 1.82) is 0 Å². The van der Waals surface area contributed by atoms with Gasteiger partial charge in [0.1, 0.15) is 0 Å². The van der Waals surface area contributed by atoms with Gasteiger partial charge in [-0.25, -0.2) is 9.98 Å². The van der Waals surface area contributed by atoms with Gasteiger partial charge in [-0.05, 0) is 36.5 Å². The first-order valence-corrected chi connectivity index (χ1v) is 12.8. The first-order chi connectivity index (χ1) is 13.7. The summed E-state index contributed by atoms with van der Waals surface area (Å²) < 4.78 is 0. The van der Waals surface area contributed by atoms with Gasteiger partial charge in [0.2, 0.25) is 0 Å². The van der Waals surface area contributed by atoms with Gasteiger partial charge in [-0.3, -0.25) is 0 Å². The molecule has 0 aliphatic carbocycles. The van der Waals surface area contributed by atoms with Gasteiger partial charge >= 0.3 is 0 Å². The van der Waals surface area contributed by atoms with Crippen LogP contribution in [0, 0.1) is 10.8 Å². The lowest BCUT2D eigenvalue weighted by Crippen LogP contribution is -2.03. The monoisotopic (exact) mass is 406 g/mol. The number of nitrogens with zero attached hydrogens (tertiary/aromatic N) is 2. The highest BCUT2D eigenvalue weighted by molar-refractivity contribution is 5.40. The SMILES string of the molecule is CC(C)(C)CCCCCCCCCN=C=NCCCCCCCCCC(C)(C)C. The molecule has 0 aliphatic rings. The van der Waals surface area contributed by atoms with Crippen molar-refractivity contribution in [1.82, 2.24) is 0 Å². The van der Waals surface area contributed by atoms with E-state index in [1.165, 1.54) is 103 Å². The fraction of sp³-hybridized carbons (Fsp3) is 0.963. The van der Waals surface area contributed by atoms with Crippen molar-refractivity contribution in [3.05, 3.63) is 0 Å². The Balaban J connectivity index is 3.26. The van der Waals surface area contributed by atoms with Crippen LogP contribution in [0.5, 0.6) is 0 Å². The van der Waals surface area contributed by atoms with Crippen LogP contribution in [0.3, 0.4) is 0 Å². The maximum Gasteiger partial charge on any atom is 0.0892 e. The van der Waals surface area contributed by atoms with Crippen molar-refractivity contribution < 1.29 is 0 Å². The molecule has 0 saturated carbocycles. The second-order valence-corrected chi connectivity index (χ2v) is 11.4. The number of aliphatic imine (C=N–C) groups is 2. The van der Waals surface area contributed by atoms with E-state index < -0.39 is 0 Å². The minimum Gasteiger partial charge on any atom is -0.226 e. The summed E-state index contributed by atoms with van der Waals surface area (Å²) in [6, 6.07) is 2.90. The van der Waals surface area contributed by atoms with Gasteiger partial charge in [-0.15, -0.1) is 0 Å². The molecule has 0 aromatic carbocycles. The topological polar surface area (TPSA) is 24.7 Å². The van der Waals surface area contributed by atoms with Crippen molar-refractivity contribution in [3.8, 4) is 0 Å². The molecule has 0 aromatic rings. The fourth-order valence-electron chi connectivity index (χ4n) is 3.61. The van der Waals surface area contributed by atoms with Crippen LogP contribution in [0.4, 0.5) is 0 Å². The third-order valence-electron chi connectivity index (χ3n) is 5.53. The minimum atomic E-state index is 0.505. The van der Waals surface area contributed by atoms with Crippen LogP contribution in [0.25, 0.3) is 0 Å². The van der Waals surface area contributed by atoms with E-state index in [1.807, 2.05) is 0 Å². The Kier molecular flexibility index (Phi) is 17.8. The minimum absolute atomic E-state index is 0.505. The first kappa shape index (κ1) is 28.4. The van der Waals surface area contributed by atoms with E-state index in [0.29, 0.717) is 10.8 Å². The number of unbranched alkanes of at least 4 members (excludes halogenated alkanes) is 12. The van der Waals surface area contributed by atoms with Gasteiger partial charge in [0.05, 0.1) is 6.01 Å². The van der Waals surface area contributed by atoms with E-state index in [9.17, 15) is 0 Å². The van der Waals surface area contributed by atoms with Gasteiger partial charge in [-0.2, -0.15) is 0 Å². The first-order valence-electron chi connectivity index (χ1n) is 12.8. The zero-order valence-corrected chi connectivity index (χ0v) is 21.1. The summed E-state index contributed by atoms with van der Waals surface area (Å²) in [6.07, 6.45) is 21.6. The Morgan fingerprint density at radius 3 is 1.00 bits per heavy atom. The zero-order chi connectivity index (χ0) is 21.8. The molecule has 172 valence electrons. The van der Waals surface area contributed by atoms with Gasteiger partial charge in [-0.1, -0.05) is 119 Å². The quantitative estimate of drug-likeness (QED) is 0.160. The molecule has 0 aliphatic heterocycles. The summed E-state index contributed by atoms with van der Waals surface area (Å²) in [6.45, 7) is 15.9. The van der Waals surface area contributed by atoms with Crippen molar-refractivity contribution in [3.63, 3.8) is 0 Å². The van der Waals surface area contributed by atoms with E-state index >= 15 is 0 Å². The molecule has 0 fully saturated rings. The molecule has 0 atom stereocenters. The zero-order valence-electron chi connectivity index (χ0n) is 21.1. The van der Waals surface area contributed by atoms with Crippen LogP contribution in [-0.4, -0.2) is 19.1 Å². The highest BCUT2D eigenvalue weighted by Crippen LogP contribution is 2.23. The van der Waals surface area contributed by atoms with Crippen molar-refractivity contribution >= 4 is 6.01 Å². The fourth-order valence-corrected chi connectivity index (χ4v) is 3.61. The van der Waals surface area contributed by atoms with Crippen LogP contribution in [0.1, 0.15) is 144 Å².